The predicted octanol–water partition coefficient (Wildman–Crippen LogP) is 8.37. The van der Waals surface area contributed by atoms with Gasteiger partial charge in [0.15, 0.2) is 34.8 Å². The lowest BCUT2D eigenvalue weighted by atomic mass is 10.1. The number of nitrogens with one attached hydrogen (secondary N) is 2. The van der Waals surface area contributed by atoms with E-state index in [-0.39, 0.29) is 0 Å². The highest BCUT2D eigenvalue weighted by molar-refractivity contribution is 6.27. The summed E-state index contributed by atoms with van der Waals surface area (Å²) < 4.78 is 13.0. The van der Waals surface area contributed by atoms with Crippen molar-refractivity contribution in [3.63, 3.8) is 0 Å². The highest BCUT2D eigenvalue weighted by Gasteiger charge is 2.27. The van der Waals surface area contributed by atoms with E-state index in [0.717, 1.165) is 22.3 Å². The fourth-order valence-corrected chi connectivity index (χ4v) is 5.84. The second-order valence-electron chi connectivity index (χ2n) is 11.9. The largest absolute Gasteiger partial charge is 0.453 e. The van der Waals surface area contributed by atoms with Gasteiger partial charge in [-0.25, -0.2) is 39.9 Å². The number of amidine groups is 4. The Balaban J connectivity index is 1.03. The molecule has 0 aliphatic carbocycles. The van der Waals surface area contributed by atoms with Crippen molar-refractivity contribution in [3.05, 3.63) is 181 Å². The molecule has 7 aromatic rings. The van der Waals surface area contributed by atoms with Crippen LogP contribution in [0.25, 0.3) is 0 Å². The summed E-state index contributed by atoms with van der Waals surface area (Å²) in [6, 6.07) is 41.4. The zero-order valence-corrected chi connectivity index (χ0v) is 28.4. The Morgan fingerprint density at radius 1 is 0.352 bits per heavy atom. The molecule has 0 unspecified atom stereocenters. The topological polar surface area (TPSA) is 144 Å². The average Bonchev–Trinajstić information content (AvgIpc) is 3.72. The number of rotatable bonds is 8. The third kappa shape index (κ3) is 6.90. The van der Waals surface area contributed by atoms with E-state index in [4.69, 9.17) is 29.4 Å². The van der Waals surface area contributed by atoms with Crippen molar-refractivity contribution in [2.45, 2.75) is 0 Å². The summed E-state index contributed by atoms with van der Waals surface area (Å²) in [5, 5.41) is 6.71. The molecule has 0 atom stereocenters. The molecule has 0 bridgehead atoms. The van der Waals surface area contributed by atoms with Crippen LogP contribution in [0.2, 0.25) is 0 Å². The first-order chi connectivity index (χ1) is 26.7. The quantitative estimate of drug-likeness (QED) is 0.161. The number of fused-ring (bicyclic) bond motifs is 2. The fraction of sp³-hybridized carbons (Fsp3) is 0. The predicted molar refractivity (Wildman–Crippen MR) is 207 cm³/mol. The molecule has 9 rings (SSSR count). The van der Waals surface area contributed by atoms with Gasteiger partial charge in [-0.2, -0.15) is 0 Å². The van der Waals surface area contributed by atoms with Gasteiger partial charge in [0.1, 0.15) is 34.8 Å². The Bertz CT molecular complexity index is 2410. The van der Waals surface area contributed by atoms with Crippen LogP contribution in [-0.2, 0) is 0 Å². The van der Waals surface area contributed by atoms with E-state index in [1.54, 1.807) is 24.8 Å². The van der Waals surface area contributed by atoms with Gasteiger partial charge in [0.2, 0.25) is 0 Å². The SMILES string of the molecule is c1ccc(/N=C2\N/C(=N/c3ccccn3)c3ccc(Oc4ccccc4Oc4ccc5c(c4)/C(=N\c4ccccn4)N/C5=N\c4ccccn4)cc32)nc1. The summed E-state index contributed by atoms with van der Waals surface area (Å²) in [7, 11) is 0. The number of hydrogen-bond donors (Lipinski definition) is 2. The van der Waals surface area contributed by atoms with E-state index in [1.807, 2.05) is 133 Å². The molecule has 6 heterocycles. The standard InChI is InChI=1S/C42H28N10O2/c1-2-12-34(54-28-18-20-30-32(26-28)42(50-38-16-6-10-24-46-38)52-40(30)48-36-14-4-8-22-44-36)33(11-1)53-27-17-19-29-31(25-27)41(49-37-15-5-9-23-45-37)51-39(29)47-35-13-3-7-21-43-35/h1-26H,(H,43,45,47,49,51)(H,44,46,48,50,52). The van der Waals surface area contributed by atoms with Crippen molar-refractivity contribution in [3.8, 4) is 23.0 Å². The highest BCUT2D eigenvalue weighted by atomic mass is 16.5. The molecule has 2 aliphatic heterocycles. The third-order valence-electron chi connectivity index (χ3n) is 8.28. The number of aliphatic imine (C=N–C) groups is 4. The fourth-order valence-electron chi connectivity index (χ4n) is 5.84. The molecule has 258 valence electrons. The molecule has 4 aromatic heterocycles. The highest BCUT2D eigenvalue weighted by Crippen LogP contribution is 2.37. The van der Waals surface area contributed by atoms with Crippen LogP contribution in [0.1, 0.15) is 22.3 Å². The van der Waals surface area contributed by atoms with E-state index in [1.165, 1.54) is 0 Å². The lowest BCUT2D eigenvalue weighted by molar-refractivity contribution is 0.418. The summed E-state index contributed by atoms with van der Waals surface area (Å²) in [6.45, 7) is 0. The Kier molecular flexibility index (Phi) is 8.56. The maximum Gasteiger partial charge on any atom is 0.169 e. The van der Waals surface area contributed by atoms with Gasteiger partial charge in [0, 0.05) is 47.0 Å². The van der Waals surface area contributed by atoms with Gasteiger partial charge in [-0.15, -0.1) is 0 Å². The average molecular weight is 705 g/mol. The van der Waals surface area contributed by atoms with Crippen molar-refractivity contribution < 1.29 is 9.47 Å². The monoisotopic (exact) mass is 704 g/mol. The molecule has 2 N–H and O–H groups in total. The maximum atomic E-state index is 6.49. The first-order valence-corrected chi connectivity index (χ1v) is 17.0. The molecule has 0 amide bonds. The van der Waals surface area contributed by atoms with E-state index >= 15 is 0 Å². The zero-order valence-electron chi connectivity index (χ0n) is 28.4. The van der Waals surface area contributed by atoms with Crippen molar-refractivity contribution >= 4 is 46.6 Å². The van der Waals surface area contributed by atoms with Crippen molar-refractivity contribution in [1.29, 1.82) is 0 Å². The number of aromatic nitrogens is 4. The van der Waals surface area contributed by atoms with Gasteiger partial charge >= 0.3 is 0 Å². The van der Waals surface area contributed by atoms with Crippen molar-refractivity contribution in [2.75, 3.05) is 0 Å². The lowest BCUT2D eigenvalue weighted by Crippen LogP contribution is -2.22. The summed E-state index contributed by atoms with van der Waals surface area (Å²) in [6.07, 6.45) is 6.82. The normalized spacial score (nSPS) is 15.9. The van der Waals surface area contributed by atoms with E-state index in [0.29, 0.717) is 69.6 Å². The first kappa shape index (κ1) is 32.1. The van der Waals surface area contributed by atoms with Crippen LogP contribution in [-0.4, -0.2) is 43.3 Å². The minimum atomic E-state index is 0.521. The molecule has 0 fully saturated rings. The van der Waals surface area contributed by atoms with Gasteiger partial charge < -0.3 is 20.1 Å². The Hall–Kier alpha value is -7.86. The lowest BCUT2D eigenvalue weighted by Gasteiger charge is -2.13. The Morgan fingerprint density at radius 2 is 0.685 bits per heavy atom. The first-order valence-electron chi connectivity index (χ1n) is 17.0. The van der Waals surface area contributed by atoms with Crippen LogP contribution in [0.5, 0.6) is 23.0 Å². The van der Waals surface area contributed by atoms with Gasteiger partial charge in [0.05, 0.1) is 0 Å². The van der Waals surface area contributed by atoms with Crippen LogP contribution < -0.4 is 20.1 Å². The minimum absolute atomic E-state index is 0.521. The molecule has 12 heteroatoms. The smallest absolute Gasteiger partial charge is 0.169 e. The second kappa shape index (κ2) is 14.4. The number of nitrogens with zero attached hydrogens (tertiary/aromatic N) is 8. The second-order valence-corrected chi connectivity index (χ2v) is 11.9. The summed E-state index contributed by atoms with van der Waals surface area (Å²) >= 11 is 0. The molecular weight excluding hydrogens is 677 g/mol. The molecule has 0 saturated carbocycles. The third-order valence-corrected chi connectivity index (χ3v) is 8.28. The van der Waals surface area contributed by atoms with E-state index in [2.05, 4.69) is 30.6 Å². The number of pyridine rings is 4. The number of benzene rings is 3. The van der Waals surface area contributed by atoms with Gasteiger partial charge in [-0.05, 0) is 97.1 Å². The van der Waals surface area contributed by atoms with E-state index < -0.39 is 0 Å². The Labute approximate surface area is 309 Å². The minimum Gasteiger partial charge on any atom is -0.453 e. The molecule has 0 spiro atoms. The van der Waals surface area contributed by atoms with Crippen LogP contribution in [0.15, 0.2) is 178 Å². The van der Waals surface area contributed by atoms with Crippen LogP contribution >= 0.6 is 0 Å². The summed E-state index contributed by atoms with van der Waals surface area (Å²) in [4.78, 5) is 36.6. The van der Waals surface area contributed by atoms with Crippen molar-refractivity contribution in [1.82, 2.24) is 30.6 Å². The van der Waals surface area contributed by atoms with Crippen molar-refractivity contribution in [2.24, 2.45) is 20.0 Å². The van der Waals surface area contributed by atoms with Gasteiger partial charge in [-0.3, -0.25) is 0 Å². The number of para-hydroxylation sites is 2. The molecule has 0 radical (unpaired) electrons. The van der Waals surface area contributed by atoms with Gasteiger partial charge in [0.25, 0.3) is 0 Å². The van der Waals surface area contributed by atoms with Crippen LogP contribution in [0.4, 0.5) is 23.3 Å². The molecule has 3 aromatic carbocycles. The van der Waals surface area contributed by atoms with Gasteiger partial charge in [-0.1, -0.05) is 36.4 Å². The molecule has 54 heavy (non-hydrogen) atoms. The zero-order chi connectivity index (χ0) is 36.1. The summed E-state index contributed by atoms with van der Waals surface area (Å²) in [5.41, 5.74) is 3.32. The molecular formula is C42H28N10O2. The van der Waals surface area contributed by atoms with E-state index in [9.17, 15) is 0 Å². The van der Waals surface area contributed by atoms with Crippen LogP contribution in [0, 0.1) is 0 Å². The number of hydrogen-bond acceptors (Lipinski definition) is 10. The summed E-state index contributed by atoms with van der Waals surface area (Å²) in [5.74, 6) is 6.90. The molecule has 2 aliphatic rings. The molecule has 0 saturated heterocycles. The number of ether oxygens (including phenoxy) is 2. The maximum absolute atomic E-state index is 6.49. The Morgan fingerprint density at radius 3 is 1.02 bits per heavy atom. The van der Waals surface area contributed by atoms with Crippen LogP contribution in [0.3, 0.4) is 0 Å². The molecule has 12 nitrogen and oxygen atoms in total.